The molecule has 0 aliphatic heterocycles. The van der Waals surface area contributed by atoms with Crippen molar-refractivity contribution in [3.8, 4) is 11.5 Å². The van der Waals surface area contributed by atoms with Crippen LogP contribution in [-0.4, -0.2) is 25.2 Å². The summed E-state index contributed by atoms with van der Waals surface area (Å²) in [6.07, 6.45) is 3.52. The molecule has 0 aliphatic carbocycles. The Hall–Kier alpha value is -2.49. The standard InChI is InChI=1S/C20H25NO3/c1-5-15-9-7-10-16(17(15)6-2)13-21(22)14-18-19(23-3)11-8-12-20(18)24-4/h7-13H,5-6,14H2,1-4H3/b21-13-. The summed E-state index contributed by atoms with van der Waals surface area (Å²) in [7, 11) is 3.19. The number of rotatable bonds is 7. The van der Waals surface area contributed by atoms with Gasteiger partial charge in [-0.3, -0.25) is 0 Å². The molecule has 0 saturated heterocycles. The third-order valence-electron chi connectivity index (χ3n) is 4.17. The lowest BCUT2D eigenvalue weighted by Gasteiger charge is -2.13. The van der Waals surface area contributed by atoms with E-state index in [1.807, 2.05) is 30.3 Å². The molecule has 0 saturated carbocycles. The van der Waals surface area contributed by atoms with Crippen molar-refractivity contribution < 1.29 is 14.2 Å². The molecule has 0 N–H and O–H groups in total. The van der Waals surface area contributed by atoms with Gasteiger partial charge in [-0.2, -0.15) is 0 Å². The zero-order chi connectivity index (χ0) is 17.5. The van der Waals surface area contributed by atoms with Crippen molar-refractivity contribution in [3.63, 3.8) is 0 Å². The van der Waals surface area contributed by atoms with Crippen LogP contribution in [-0.2, 0) is 19.4 Å². The van der Waals surface area contributed by atoms with E-state index in [1.165, 1.54) is 11.1 Å². The second kappa shape index (κ2) is 8.39. The van der Waals surface area contributed by atoms with Crippen molar-refractivity contribution in [2.45, 2.75) is 33.2 Å². The van der Waals surface area contributed by atoms with E-state index in [0.717, 1.165) is 28.7 Å². The average Bonchev–Trinajstić information content (AvgIpc) is 2.61. The number of aryl methyl sites for hydroxylation is 1. The molecule has 2 rings (SSSR count). The van der Waals surface area contributed by atoms with Crippen molar-refractivity contribution in [1.82, 2.24) is 0 Å². The summed E-state index contributed by atoms with van der Waals surface area (Å²) in [4.78, 5) is 0. The number of nitrogens with zero attached hydrogens (tertiary/aromatic N) is 1. The maximum atomic E-state index is 12.5. The van der Waals surface area contributed by atoms with Gasteiger partial charge in [-0.25, -0.2) is 4.74 Å². The maximum Gasteiger partial charge on any atom is 0.186 e. The van der Waals surface area contributed by atoms with Gasteiger partial charge in [0.15, 0.2) is 12.8 Å². The van der Waals surface area contributed by atoms with Crippen LogP contribution in [0.1, 0.15) is 36.1 Å². The summed E-state index contributed by atoms with van der Waals surface area (Å²) in [6, 6.07) is 11.6. The maximum absolute atomic E-state index is 12.5. The minimum Gasteiger partial charge on any atom is -0.624 e. The van der Waals surface area contributed by atoms with Crippen LogP contribution >= 0.6 is 0 Å². The topological polar surface area (TPSA) is 44.5 Å². The first-order valence-electron chi connectivity index (χ1n) is 8.23. The van der Waals surface area contributed by atoms with E-state index in [-0.39, 0.29) is 6.54 Å². The van der Waals surface area contributed by atoms with Crippen LogP contribution in [0.25, 0.3) is 0 Å². The van der Waals surface area contributed by atoms with Gasteiger partial charge in [0, 0.05) is 5.56 Å². The quantitative estimate of drug-likeness (QED) is 0.335. The van der Waals surface area contributed by atoms with Crippen LogP contribution in [0.2, 0.25) is 0 Å². The average molecular weight is 327 g/mol. The van der Waals surface area contributed by atoms with E-state index in [1.54, 1.807) is 20.4 Å². The van der Waals surface area contributed by atoms with Gasteiger partial charge >= 0.3 is 0 Å². The van der Waals surface area contributed by atoms with Crippen LogP contribution in [0.4, 0.5) is 0 Å². The number of benzene rings is 2. The highest BCUT2D eigenvalue weighted by molar-refractivity contribution is 5.78. The molecule has 2 aromatic carbocycles. The van der Waals surface area contributed by atoms with Crippen LogP contribution < -0.4 is 9.47 Å². The smallest absolute Gasteiger partial charge is 0.186 e. The zero-order valence-electron chi connectivity index (χ0n) is 14.8. The van der Waals surface area contributed by atoms with Gasteiger partial charge in [-0.1, -0.05) is 32.0 Å². The molecule has 0 atom stereocenters. The molecule has 128 valence electrons. The Labute approximate surface area is 143 Å². The van der Waals surface area contributed by atoms with Crippen molar-refractivity contribution in [1.29, 1.82) is 0 Å². The molecule has 0 amide bonds. The number of methoxy groups -OCH3 is 2. The Balaban J connectivity index is 2.37. The summed E-state index contributed by atoms with van der Waals surface area (Å²) < 4.78 is 11.7. The molecular formula is C20H25NO3. The Bertz CT molecular complexity index is 701. The summed E-state index contributed by atoms with van der Waals surface area (Å²) in [5.41, 5.74) is 4.24. The fourth-order valence-electron chi connectivity index (χ4n) is 2.98. The molecule has 0 fully saturated rings. The fourth-order valence-corrected chi connectivity index (χ4v) is 2.98. The molecule has 0 bridgehead atoms. The molecule has 0 unspecified atom stereocenters. The first kappa shape index (κ1) is 17.9. The van der Waals surface area contributed by atoms with E-state index < -0.39 is 0 Å². The summed E-state index contributed by atoms with van der Waals surface area (Å²) in [5, 5.41) is 12.5. The molecule has 0 spiro atoms. The monoisotopic (exact) mass is 327 g/mol. The van der Waals surface area contributed by atoms with Gasteiger partial charge in [-0.15, -0.1) is 0 Å². The van der Waals surface area contributed by atoms with E-state index in [4.69, 9.17) is 9.47 Å². The summed E-state index contributed by atoms with van der Waals surface area (Å²) >= 11 is 0. The van der Waals surface area contributed by atoms with Gasteiger partial charge in [0.1, 0.15) is 17.1 Å². The van der Waals surface area contributed by atoms with E-state index in [0.29, 0.717) is 11.5 Å². The Morgan fingerprint density at radius 1 is 0.917 bits per heavy atom. The van der Waals surface area contributed by atoms with Gasteiger partial charge in [0.25, 0.3) is 0 Å². The predicted octanol–water partition coefficient (Wildman–Crippen LogP) is 3.96. The molecule has 0 aromatic heterocycles. The first-order valence-corrected chi connectivity index (χ1v) is 8.23. The number of hydrogen-bond acceptors (Lipinski definition) is 3. The van der Waals surface area contributed by atoms with Crippen LogP contribution in [0.3, 0.4) is 0 Å². The lowest BCUT2D eigenvalue weighted by molar-refractivity contribution is -0.469. The molecule has 0 aliphatic rings. The first-order chi connectivity index (χ1) is 11.6. The minimum atomic E-state index is 0.173. The SMILES string of the molecule is CCc1cccc(/C=[N+](\[O-])Cc2c(OC)cccc2OC)c1CC. The van der Waals surface area contributed by atoms with E-state index in [2.05, 4.69) is 19.9 Å². The molecule has 0 heterocycles. The lowest BCUT2D eigenvalue weighted by atomic mass is 9.98. The highest BCUT2D eigenvalue weighted by Gasteiger charge is 2.14. The molecular weight excluding hydrogens is 302 g/mol. The number of hydroxylamine groups is 1. The van der Waals surface area contributed by atoms with Gasteiger partial charge < -0.3 is 14.7 Å². The lowest BCUT2D eigenvalue weighted by Crippen LogP contribution is -2.10. The van der Waals surface area contributed by atoms with Crippen LogP contribution in [0, 0.1) is 5.21 Å². The molecule has 4 heteroatoms. The molecule has 24 heavy (non-hydrogen) atoms. The van der Waals surface area contributed by atoms with Crippen molar-refractivity contribution in [2.24, 2.45) is 0 Å². The largest absolute Gasteiger partial charge is 0.624 e. The number of ether oxygens (including phenoxy) is 2. The van der Waals surface area contributed by atoms with Crippen molar-refractivity contribution in [3.05, 3.63) is 63.9 Å². The normalized spacial score (nSPS) is 11.4. The third-order valence-corrected chi connectivity index (χ3v) is 4.17. The van der Waals surface area contributed by atoms with Gasteiger partial charge in [-0.05, 0) is 42.2 Å². The highest BCUT2D eigenvalue weighted by Crippen LogP contribution is 2.28. The van der Waals surface area contributed by atoms with Gasteiger partial charge in [0.05, 0.1) is 14.2 Å². The summed E-state index contributed by atoms with van der Waals surface area (Å²) in [5.74, 6) is 1.31. The second-order valence-corrected chi connectivity index (χ2v) is 5.54. The third kappa shape index (κ3) is 3.88. The minimum absolute atomic E-state index is 0.173. The van der Waals surface area contributed by atoms with Crippen LogP contribution in [0.5, 0.6) is 11.5 Å². The highest BCUT2D eigenvalue weighted by atomic mass is 16.5. The second-order valence-electron chi connectivity index (χ2n) is 5.54. The zero-order valence-corrected chi connectivity index (χ0v) is 14.8. The predicted molar refractivity (Wildman–Crippen MR) is 97.2 cm³/mol. The Morgan fingerprint density at radius 3 is 2.08 bits per heavy atom. The fraction of sp³-hybridized carbons (Fsp3) is 0.350. The van der Waals surface area contributed by atoms with Crippen LogP contribution in [0.15, 0.2) is 36.4 Å². The Kier molecular flexibility index (Phi) is 6.24. The van der Waals surface area contributed by atoms with Crippen molar-refractivity contribution >= 4 is 6.21 Å². The Morgan fingerprint density at radius 2 is 1.54 bits per heavy atom. The van der Waals surface area contributed by atoms with Crippen molar-refractivity contribution in [2.75, 3.05) is 14.2 Å². The molecule has 4 nitrogen and oxygen atoms in total. The summed E-state index contributed by atoms with van der Waals surface area (Å²) in [6.45, 7) is 4.42. The van der Waals surface area contributed by atoms with E-state index in [9.17, 15) is 5.21 Å². The van der Waals surface area contributed by atoms with Gasteiger partial charge in [0.2, 0.25) is 0 Å². The molecule has 0 radical (unpaired) electrons. The number of hydrogen-bond donors (Lipinski definition) is 0. The van der Waals surface area contributed by atoms with E-state index >= 15 is 0 Å². The molecule has 2 aromatic rings.